The molecule has 1 saturated heterocycles. The SMILES string of the molecule is CC/C(C)=C/N=C(/C(=C(\C)N)N(C)c1ccc(C(C)=O)cc1)N(C=O)c1cccc(N(C)C(=O)C#CCN2CCCC2)c1. The van der Waals surface area contributed by atoms with Crippen LogP contribution in [0.3, 0.4) is 0 Å². The molecule has 0 radical (unpaired) electrons. The van der Waals surface area contributed by atoms with E-state index in [9.17, 15) is 14.4 Å². The zero-order valence-corrected chi connectivity index (χ0v) is 26.1. The Hall–Kier alpha value is -4.68. The molecule has 0 aromatic heterocycles. The molecular formula is C34H42N6O3. The van der Waals surface area contributed by atoms with Crippen molar-refractivity contribution in [1.82, 2.24) is 4.90 Å². The molecule has 1 fully saturated rings. The average Bonchev–Trinajstić information content (AvgIpc) is 3.53. The molecule has 0 bridgehead atoms. The summed E-state index contributed by atoms with van der Waals surface area (Å²) < 4.78 is 0. The number of hydrogen-bond acceptors (Lipinski definition) is 7. The minimum atomic E-state index is -0.337. The monoisotopic (exact) mass is 582 g/mol. The minimum absolute atomic E-state index is 0.0320. The highest BCUT2D eigenvalue weighted by atomic mass is 16.2. The summed E-state index contributed by atoms with van der Waals surface area (Å²) in [4.78, 5) is 49.1. The molecule has 3 rings (SSSR count). The second-order valence-electron chi connectivity index (χ2n) is 10.6. The van der Waals surface area contributed by atoms with E-state index >= 15 is 0 Å². The number of ketones is 1. The number of nitrogens with two attached hydrogens (primary N) is 1. The Bertz CT molecular complexity index is 1470. The van der Waals surface area contributed by atoms with Crippen molar-refractivity contribution in [2.45, 2.75) is 47.0 Å². The maximum atomic E-state index is 12.9. The lowest BCUT2D eigenvalue weighted by molar-refractivity contribution is -0.113. The summed E-state index contributed by atoms with van der Waals surface area (Å²) in [5.41, 5.74) is 10.8. The first-order valence-electron chi connectivity index (χ1n) is 14.5. The summed E-state index contributed by atoms with van der Waals surface area (Å²) >= 11 is 0. The van der Waals surface area contributed by atoms with Crippen molar-refractivity contribution in [3.63, 3.8) is 0 Å². The third-order valence-electron chi connectivity index (χ3n) is 7.38. The molecule has 9 nitrogen and oxygen atoms in total. The standard InChI is InChI=1S/C34H42N6O3/c1-7-25(2)23-36-34(33(26(3)35)38(6)29-17-15-28(16-18-29)27(4)42)40(24-41)31-13-10-12-30(22-31)37(5)32(43)14-11-21-39-19-8-9-20-39/h10,12-13,15-18,22-24H,7-9,19-21,35H2,1-6H3/b25-23+,33-26-,36-34-. The Morgan fingerprint density at radius 1 is 0.977 bits per heavy atom. The van der Waals surface area contributed by atoms with Crippen molar-refractivity contribution in [1.29, 1.82) is 0 Å². The van der Waals surface area contributed by atoms with Crippen molar-refractivity contribution in [3.05, 3.63) is 77.3 Å². The van der Waals surface area contributed by atoms with Gasteiger partial charge in [-0.2, -0.15) is 0 Å². The number of allylic oxidation sites excluding steroid dienone is 2. The van der Waals surface area contributed by atoms with Crippen LogP contribution in [-0.4, -0.2) is 62.6 Å². The number of hydrogen-bond donors (Lipinski definition) is 1. The smallest absolute Gasteiger partial charge is 0.302 e. The number of benzene rings is 2. The van der Waals surface area contributed by atoms with Gasteiger partial charge in [-0.3, -0.25) is 24.2 Å². The van der Waals surface area contributed by atoms with Gasteiger partial charge in [-0.1, -0.05) is 24.5 Å². The lowest BCUT2D eigenvalue weighted by Gasteiger charge is -2.30. The highest BCUT2D eigenvalue weighted by Gasteiger charge is 2.24. The number of aliphatic imine (C=N–C) groups is 1. The number of rotatable bonds is 10. The predicted molar refractivity (Wildman–Crippen MR) is 175 cm³/mol. The van der Waals surface area contributed by atoms with Gasteiger partial charge in [-0.25, -0.2) is 4.99 Å². The first-order chi connectivity index (χ1) is 20.6. The van der Waals surface area contributed by atoms with Gasteiger partial charge in [0.25, 0.3) is 0 Å². The molecule has 2 aromatic rings. The van der Waals surface area contributed by atoms with E-state index < -0.39 is 0 Å². The minimum Gasteiger partial charge on any atom is -0.400 e. The van der Waals surface area contributed by atoms with Gasteiger partial charge in [-0.05, 0) is 102 Å². The Balaban J connectivity index is 2.00. The Morgan fingerprint density at radius 2 is 1.63 bits per heavy atom. The quantitative estimate of drug-likeness (QED) is 0.140. The number of likely N-dealkylation sites (N-methyl/N-ethyl adjacent to an activating group) is 1. The zero-order chi connectivity index (χ0) is 31.5. The normalized spacial score (nSPS) is 14.4. The number of amides is 2. The fourth-order valence-electron chi connectivity index (χ4n) is 4.59. The van der Waals surface area contributed by atoms with Gasteiger partial charge < -0.3 is 15.5 Å². The van der Waals surface area contributed by atoms with Crippen molar-refractivity contribution in [3.8, 4) is 11.8 Å². The van der Waals surface area contributed by atoms with Crippen molar-refractivity contribution < 1.29 is 14.4 Å². The third-order valence-corrected chi connectivity index (χ3v) is 7.38. The second kappa shape index (κ2) is 15.5. The Morgan fingerprint density at radius 3 is 2.21 bits per heavy atom. The fourth-order valence-corrected chi connectivity index (χ4v) is 4.59. The molecule has 1 aliphatic rings. The summed E-state index contributed by atoms with van der Waals surface area (Å²) in [5.74, 6) is 5.66. The molecule has 1 heterocycles. The maximum absolute atomic E-state index is 12.9. The molecule has 0 unspecified atom stereocenters. The van der Waals surface area contributed by atoms with E-state index in [1.165, 1.54) is 16.7 Å². The number of carbonyl (C=O) groups excluding carboxylic acids is 3. The van der Waals surface area contributed by atoms with E-state index in [1.807, 2.05) is 37.9 Å². The highest BCUT2D eigenvalue weighted by Crippen LogP contribution is 2.27. The summed E-state index contributed by atoms with van der Waals surface area (Å²) in [5, 5.41) is 0. The lowest BCUT2D eigenvalue weighted by Crippen LogP contribution is -2.38. The summed E-state index contributed by atoms with van der Waals surface area (Å²) in [6, 6.07) is 14.2. The molecule has 2 N–H and O–H groups in total. The third kappa shape index (κ3) is 8.66. The van der Waals surface area contributed by atoms with Gasteiger partial charge in [0.15, 0.2) is 11.6 Å². The largest absolute Gasteiger partial charge is 0.400 e. The van der Waals surface area contributed by atoms with Gasteiger partial charge >= 0.3 is 5.91 Å². The molecule has 43 heavy (non-hydrogen) atoms. The van der Waals surface area contributed by atoms with E-state index in [0.717, 1.165) is 43.6 Å². The fraction of sp³-hybridized carbons (Fsp3) is 0.353. The number of likely N-dealkylation sites (tertiary alicyclic amines) is 1. The van der Waals surface area contributed by atoms with Crippen LogP contribution >= 0.6 is 0 Å². The van der Waals surface area contributed by atoms with Crippen molar-refractivity contribution in [2.24, 2.45) is 10.7 Å². The summed E-state index contributed by atoms with van der Waals surface area (Å²) in [7, 11) is 3.49. The topological polar surface area (TPSA) is 103 Å². The zero-order valence-electron chi connectivity index (χ0n) is 26.1. The van der Waals surface area contributed by atoms with Crippen LogP contribution in [0.2, 0.25) is 0 Å². The molecule has 2 aromatic carbocycles. The van der Waals surface area contributed by atoms with Gasteiger partial charge in [0.1, 0.15) is 5.70 Å². The van der Waals surface area contributed by atoms with Gasteiger partial charge in [-0.15, -0.1) is 0 Å². The second-order valence-corrected chi connectivity index (χ2v) is 10.6. The van der Waals surface area contributed by atoms with Gasteiger partial charge in [0.05, 0.1) is 12.2 Å². The highest BCUT2D eigenvalue weighted by molar-refractivity contribution is 6.20. The maximum Gasteiger partial charge on any atom is 0.302 e. The van der Waals surface area contributed by atoms with Crippen LogP contribution in [0.1, 0.15) is 57.3 Å². The molecule has 1 aliphatic heterocycles. The van der Waals surface area contributed by atoms with Gasteiger partial charge in [0.2, 0.25) is 6.41 Å². The molecule has 0 spiro atoms. The predicted octanol–water partition coefficient (Wildman–Crippen LogP) is 4.95. The van der Waals surface area contributed by atoms with Crippen molar-refractivity contribution >= 4 is 41.0 Å². The molecule has 0 atom stereocenters. The first-order valence-corrected chi connectivity index (χ1v) is 14.5. The summed E-state index contributed by atoms with van der Waals surface area (Å²) in [6.45, 7) is 9.84. The van der Waals surface area contributed by atoms with Crippen LogP contribution in [-0.2, 0) is 9.59 Å². The van der Waals surface area contributed by atoms with E-state index in [1.54, 1.807) is 56.6 Å². The van der Waals surface area contributed by atoms with E-state index in [-0.39, 0.29) is 11.7 Å². The number of amidine groups is 1. The molecule has 9 heteroatoms. The first kappa shape index (κ1) is 32.8. The number of anilines is 3. The van der Waals surface area contributed by atoms with Crippen LogP contribution < -0.4 is 20.4 Å². The lowest BCUT2D eigenvalue weighted by atomic mass is 10.1. The van der Waals surface area contributed by atoms with Crippen LogP contribution in [0.15, 0.2) is 76.7 Å². The number of Topliss-reactive ketones (excluding diaryl/α,β-unsaturated/α-hetero) is 1. The van der Waals surface area contributed by atoms with E-state index in [0.29, 0.717) is 47.1 Å². The molecule has 226 valence electrons. The van der Waals surface area contributed by atoms with Gasteiger partial charge in [0, 0.05) is 42.9 Å². The molecule has 0 saturated carbocycles. The van der Waals surface area contributed by atoms with Crippen molar-refractivity contribution in [2.75, 3.05) is 48.4 Å². The molecule has 0 aliphatic carbocycles. The number of nitrogens with zero attached hydrogens (tertiary/aromatic N) is 5. The van der Waals surface area contributed by atoms with E-state index in [2.05, 4.69) is 16.7 Å². The molecule has 2 amide bonds. The van der Waals surface area contributed by atoms with Crippen LogP contribution in [0.25, 0.3) is 0 Å². The van der Waals surface area contributed by atoms with E-state index in [4.69, 9.17) is 10.7 Å². The van der Waals surface area contributed by atoms with Crippen LogP contribution in [0.4, 0.5) is 17.1 Å². The van der Waals surface area contributed by atoms with Crippen LogP contribution in [0, 0.1) is 11.8 Å². The molecular weight excluding hydrogens is 540 g/mol. The Kier molecular flexibility index (Phi) is 11.8. The number of carbonyl (C=O) groups is 3. The average molecular weight is 583 g/mol. The Labute approximate surface area is 255 Å². The summed E-state index contributed by atoms with van der Waals surface area (Å²) in [6.07, 6.45) is 5.51. The van der Waals surface area contributed by atoms with Crippen LogP contribution in [0.5, 0.6) is 0 Å².